The molecule has 0 aliphatic carbocycles. The number of benzene rings is 1. The number of nitrogens with zero attached hydrogens (tertiary/aromatic N) is 1. The van der Waals surface area contributed by atoms with Crippen molar-refractivity contribution in [1.82, 2.24) is 9.97 Å². The average molecular weight is 330 g/mol. The summed E-state index contributed by atoms with van der Waals surface area (Å²) in [6.07, 6.45) is 3.08. The Kier molecular flexibility index (Phi) is 3.02. The largest absolute Gasteiger partial charge is 0.326 e. The molecule has 3 nitrogen and oxygen atoms in total. The lowest BCUT2D eigenvalue weighted by Gasteiger charge is -2.01. The van der Waals surface area contributed by atoms with Gasteiger partial charge in [0.05, 0.1) is 0 Å². The van der Waals surface area contributed by atoms with Crippen LogP contribution in [0.1, 0.15) is 0 Å². The normalized spacial score (nSPS) is 10.3. The minimum Gasteiger partial charge on any atom is -0.326 e. The summed E-state index contributed by atoms with van der Waals surface area (Å²) < 4.78 is 1.84. The molecule has 1 heterocycles. The number of H-pyrrole nitrogens is 1. The average Bonchev–Trinajstić information content (AvgIpc) is 2.23. The number of nitrogens with one attached hydrogen (secondary N) is 1. The van der Waals surface area contributed by atoms with Gasteiger partial charge in [-0.15, -0.1) is 0 Å². The SMILES string of the molecule is O=c1[nH]ccnc1-c1ccc(Br)c(Br)c1. The van der Waals surface area contributed by atoms with Crippen LogP contribution in [0, 0.1) is 0 Å². The van der Waals surface area contributed by atoms with Crippen LogP contribution in [0.3, 0.4) is 0 Å². The van der Waals surface area contributed by atoms with E-state index in [1.807, 2.05) is 18.2 Å². The van der Waals surface area contributed by atoms with Gasteiger partial charge in [0.1, 0.15) is 5.69 Å². The monoisotopic (exact) mass is 328 g/mol. The smallest absolute Gasteiger partial charge is 0.274 e. The van der Waals surface area contributed by atoms with E-state index in [9.17, 15) is 4.79 Å². The molecule has 0 saturated heterocycles. The molecule has 0 fully saturated rings. The van der Waals surface area contributed by atoms with Crippen molar-refractivity contribution in [3.05, 3.63) is 49.9 Å². The van der Waals surface area contributed by atoms with Crippen molar-refractivity contribution in [1.29, 1.82) is 0 Å². The van der Waals surface area contributed by atoms with E-state index in [0.717, 1.165) is 14.5 Å². The summed E-state index contributed by atoms with van der Waals surface area (Å²) in [7, 11) is 0. The molecular weight excluding hydrogens is 324 g/mol. The van der Waals surface area contributed by atoms with Gasteiger partial charge >= 0.3 is 0 Å². The molecule has 0 bridgehead atoms. The number of halogens is 2. The lowest BCUT2D eigenvalue weighted by molar-refractivity contribution is 1.14. The molecule has 15 heavy (non-hydrogen) atoms. The molecule has 1 aromatic carbocycles. The van der Waals surface area contributed by atoms with Crippen molar-refractivity contribution in [2.45, 2.75) is 0 Å². The number of aromatic nitrogens is 2. The molecule has 0 radical (unpaired) electrons. The molecule has 0 spiro atoms. The zero-order valence-electron chi connectivity index (χ0n) is 7.50. The number of aromatic amines is 1. The predicted octanol–water partition coefficient (Wildman–Crippen LogP) is 2.96. The van der Waals surface area contributed by atoms with E-state index in [2.05, 4.69) is 41.8 Å². The first-order valence-corrected chi connectivity index (χ1v) is 5.76. The van der Waals surface area contributed by atoms with E-state index < -0.39 is 0 Å². The molecule has 5 heteroatoms. The maximum Gasteiger partial charge on any atom is 0.274 e. The first kappa shape index (κ1) is 10.6. The fourth-order valence-electron chi connectivity index (χ4n) is 1.20. The molecule has 0 atom stereocenters. The minimum atomic E-state index is -0.188. The predicted molar refractivity (Wildman–Crippen MR) is 65.7 cm³/mol. The van der Waals surface area contributed by atoms with Crippen LogP contribution in [-0.2, 0) is 0 Å². The highest BCUT2D eigenvalue weighted by molar-refractivity contribution is 9.13. The van der Waals surface area contributed by atoms with Gasteiger partial charge in [-0.25, -0.2) is 4.98 Å². The van der Waals surface area contributed by atoms with E-state index >= 15 is 0 Å². The molecule has 0 saturated carbocycles. The zero-order chi connectivity index (χ0) is 10.8. The van der Waals surface area contributed by atoms with Crippen molar-refractivity contribution < 1.29 is 0 Å². The molecule has 76 valence electrons. The number of hydrogen-bond donors (Lipinski definition) is 1. The Labute approximate surface area is 103 Å². The lowest BCUT2D eigenvalue weighted by atomic mass is 10.2. The summed E-state index contributed by atoms with van der Waals surface area (Å²) in [5.74, 6) is 0. The van der Waals surface area contributed by atoms with Crippen molar-refractivity contribution in [2.24, 2.45) is 0 Å². The highest BCUT2D eigenvalue weighted by Crippen LogP contribution is 2.26. The Bertz CT molecular complexity index is 551. The zero-order valence-corrected chi connectivity index (χ0v) is 10.7. The van der Waals surface area contributed by atoms with Gasteiger partial charge in [0.15, 0.2) is 0 Å². The van der Waals surface area contributed by atoms with Crippen molar-refractivity contribution in [3.8, 4) is 11.3 Å². The highest BCUT2D eigenvalue weighted by atomic mass is 79.9. The second-order valence-electron chi connectivity index (χ2n) is 2.90. The summed E-state index contributed by atoms with van der Waals surface area (Å²) in [6, 6.07) is 5.56. The second kappa shape index (κ2) is 4.28. The molecule has 1 aromatic heterocycles. The number of hydrogen-bond acceptors (Lipinski definition) is 2. The van der Waals surface area contributed by atoms with Crippen LogP contribution in [0.15, 0.2) is 44.3 Å². The maximum atomic E-state index is 11.5. The number of rotatable bonds is 1. The van der Waals surface area contributed by atoms with Gasteiger partial charge in [0, 0.05) is 26.9 Å². The third kappa shape index (κ3) is 2.18. The van der Waals surface area contributed by atoms with Gasteiger partial charge in [0.25, 0.3) is 5.56 Å². The Balaban J connectivity index is 2.60. The quantitative estimate of drug-likeness (QED) is 0.874. The lowest BCUT2D eigenvalue weighted by Crippen LogP contribution is -2.09. The van der Waals surface area contributed by atoms with Crippen molar-refractivity contribution in [3.63, 3.8) is 0 Å². The maximum absolute atomic E-state index is 11.5. The van der Waals surface area contributed by atoms with Gasteiger partial charge in [-0.2, -0.15) is 0 Å². The van der Waals surface area contributed by atoms with Crippen LogP contribution in [0.5, 0.6) is 0 Å². The Morgan fingerprint density at radius 3 is 2.67 bits per heavy atom. The van der Waals surface area contributed by atoms with Gasteiger partial charge < -0.3 is 4.98 Å². The van der Waals surface area contributed by atoms with Crippen LogP contribution < -0.4 is 5.56 Å². The van der Waals surface area contributed by atoms with E-state index in [4.69, 9.17) is 0 Å². The second-order valence-corrected chi connectivity index (χ2v) is 4.60. The summed E-state index contributed by atoms with van der Waals surface area (Å²) in [5, 5.41) is 0. The van der Waals surface area contributed by atoms with E-state index in [1.54, 1.807) is 6.20 Å². The molecule has 1 N–H and O–H groups in total. The Morgan fingerprint density at radius 2 is 2.00 bits per heavy atom. The summed E-state index contributed by atoms with van der Waals surface area (Å²) in [6.45, 7) is 0. The van der Waals surface area contributed by atoms with Gasteiger partial charge in [-0.1, -0.05) is 6.07 Å². The molecule has 0 aliphatic rings. The van der Waals surface area contributed by atoms with E-state index in [1.165, 1.54) is 6.20 Å². The Hall–Kier alpha value is -0.940. The van der Waals surface area contributed by atoms with Crippen molar-refractivity contribution in [2.75, 3.05) is 0 Å². The highest BCUT2D eigenvalue weighted by Gasteiger charge is 2.05. The summed E-state index contributed by atoms with van der Waals surface area (Å²) in [5.41, 5.74) is 1.02. The molecule has 2 rings (SSSR count). The fraction of sp³-hybridized carbons (Fsp3) is 0. The van der Waals surface area contributed by atoms with Crippen LogP contribution in [-0.4, -0.2) is 9.97 Å². The van der Waals surface area contributed by atoms with Crippen LogP contribution in [0.2, 0.25) is 0 Å². The molecule has 2 aromatic rings. The van der Waals surface area contributed by atoms with E-state index in [0.29, 0.717) is 5.69 Å². The van der Waals surface area contributed by atoms with E-state index in [-0.39, 0.29) is 5.56 Å². The minimum absolute atomic E-state index is 0.188. The van der Waals surface area contributed by atoms with Gasteiger partial charge in [-0.05, 0) is 44.0 Å². The van der Waals surface area contributed by atoms with Crippen molar-refractivity contribution >= 4 is 31.9 Å². The third-order valence-electron chi connectivity index (χ3n) is 1.90. The molecule has 0 amide bonds. The van der Waals surface area contributed by atoms with Gasteiger partial charge in [0.2, 0.25) is 0 Å². The Morgan fingerprint density at radius 1 is 1.20 bits per heavy atom. The van der Waals surface area contributed by atoms with Crippen LogP contribution in [0.4, 0.5) is 0 Å². The van der Waals surface area contributed by atoms with Crippen LogP contribution >= 0.6 is 31.9 Å². The topological polar surface area (TPSA) is 45.8 Å². The molecule has 0 aliphatic heterocycles. The summed E-state index contributed by atoms with van der Waals surface area (Å²) in [4.78, 5) is 18.1. The van der Waals surface area contributed by atoms with Gasteiger partial charge in [-0.3, -0.25) is 4.79 Å². The third-order valence-corrected chi connectivity index (χ3v) is 3.78. The standard InChI is InChI=1S/C10H6Br2N2O/c11-7-2-1-6(5-8(7)12)9-10(15)14-4-3-13-9/h1-5H,(H,14,15). The first-order valence-electron chi connectivity index (χ1n) is 4.17. The van der Waals surface area contributed by atoms with Crippen LogP contribution in [0.25, 0.3) is 11.3 Å². The fourth-order valence-corrected chi connectivity index (χ4v) is 1.83. The summed E-state index contributed by atoms with van der Waals surface area (Å²) >= 11 is 6.75. The molecule has 0 unspecified atom stereocenters. The molecular formula is C10H6Br2N2O. The first-order chi connectivity index (χ1) is 7.18.